The van der Waals surface area contributed by atoms with Gasteiger partial charge in [0.25, 0.3) is 5.91 Å². The molecule has 0 aliphatic heterocycles. The summed E-state index contributed by atoms with van der Waals surface area (Å²) in [4.78, 5) is 29.4. The van der Waals surface area contributed by atoms with Crippen molar-refractivity contribution in [2.45, 2.75) is 26.3 Å². The Morgan fingerprint density at radius 2 is 1.80 bits per heavy atom. The first-order valence-corrected chi connectivity index (χ1v) is 10.1. The van der Waals surface area contributed by atoms with Gasteiger partial charge in [0.2, 0.25) is 5.91 Å². The van der Waals surface area contributed by atoms with Gasteiger partial charge < -0.3 is 19.9 Å². The van der Waals surface area contributed by atoms with E-state index in [0.29, 0.717) is 31.7 Å². The molecule has 1 aromatic heterocycles. The summed E-state index contributed by atoms with van der Waals surface area (Å²) in [5, 5.41) is 5.84. The summed E-state index contributed by atoms with van der Waals surface area (Å²) >= 11 is 0. The lowest BCUT2D eigenvalue weighted by Gasteiger charge is -2.11. The normalized spacial score (nSPS) is 10.9. The SMILES string of the molecule is COCCCNC(=O)Cn1c(CCNC(=O)c2ccc(C)cc2)nc2ccccc21. The number of nitrogens with one attached hydrogen (secondary N) is 2. The van der Waals surface area contributed by atoms with Gasteiger partial charge in [-0.05, 0) is 37.6 Å². The van der Waals surface area contributed by atoms with Gasteiger partial charge in [0.15, 0.2) is 0 Å². The van der Waals surface area contributed by atoms with Crippen LogP contribution in [0.3, 0.4) is 0 Å². The standard InChI is InChI=1S/C23H28N4O3/c1-17-8-10-18(11-9-17)23(29)25-14-12-21-26-19-6-3-4-7-20(19)27(21)16-22(28)24-13-5-15-30-2/h3-4,6-11H,5,12-16H2,1-2H3,(H,24,28)(H,25,29). The van der Waals surface area contributed by atoms with Crippen LogP contribution in [0.4, 0.5) is 0 Å². The number of aromatic nitrogens is 2. The number of fused-ring (bicyclic) bond motifs is 1. The second-order valence-electron chi connectivity index (χ2n) is 7.17. The fraction of sp³-hybridized carbons (Fsp3) is 0.348. The highest BCUT2D eigenvalue weighted by molar-refractivity contribution is 5.94. The van der Waals surface area contributed by atoms with Crippen molar-refractivity contribution in [3.05, 3.63) is 65.5 Å². The average molecular weight is 409 g/mol. The Bertz CT molecular complexity index is 995. The number of hydrogen-bond acceptors (Lipinski definition) is 4. The Kier molecular flexibility index (Phi) is 7.57. The minimum Gasteiger partial charge on any atom is -0.385 e. The predicted octanol–water partition coefficient (Wildman–Crippen LogP) is 2.47. The molecule has 0 saturated heterocycles. The Labute approximate surface area is 176 Å². The number of nitrogens with zero attached hydrogens (tertiary/aromatic N) is 2. The lowest BCUT2D eigenvalue weighted by molar-refractivity contribution is -0.121. The van der Waals surface area contributed by atoms with E-state index in [4.69, 9.17) is 4.74 Å². The third-order valence-electron chi connectivity index (χ3n) is 4.83. The van der Waals surface area contributed by atoms with E-state index in [-0.39, 0.29) is 18.4 Å². The van der Waals surface area contributed by atoms with Crippen LogP contribution in [-0.2, 0) is 22.5 Å². The van der Waals surface area contributed by atoms with E-state index < -0.39 is 0 Å². The number of carbonyl (C=O) groups excluding carboxylic acids is 2. The summed E-state index contributed by atoms with van der Waals surface area (Å²) in [5.41, 5.74) is 3.49. The molecule has 158 valence electrons. The van der Waals surface area contributed by atoms with Gasteiger partial charge in [-0.25, -0.2) is 4.98 Å². The van der Waals surface area contributed by atoms with Crippen LogP contribution in [0.1, 0.15) is 28.2 Å². The van der Waals surface area contributed by atoms with Gasteiger partial charge in [-0.1, -0.05) is 29.8 Å². The molecule has 7 heteroatoms. The van der Waals surface area contributed by atoms with Crippen molar-refractivity contribution in [2.24, 2.45) is 0 Å². The first-order valence-electron chi connectivity index (χ1n) is 10.1. The number of rotatable bonds is 10. The maximum absolute atomic E-state index is 12.4. The smallest absolute Gasteiger partial charge is 0.251 e. The summed E-state index contributed by atoms with van der Waals surface area (Å²) in [7, 11) is 1.64. The van der Waals surface area contributed by atoms with E-state index in [1.165, 1.54) is 0 Å². The topological polar surface area (TPSA) is 85.2 Å². The highest BCUT2D eigenvalue weighted by Crippen LogP contribution is 2.16. The molecule has 2 N–H and O–H groups in total. The third kappa shape index (κ3) is 5.67. The van der Waals surface area contributed by atoms with E-state index in [0.717, 1.165) is 28.8 Å². The van der Waals surface area contributed by atoms with Crippen LogP contribution in [0.15, 0.2) is 48.5 Å². The molecule has 2 aromatic carbocycles. The van der Waals surface area contributed by atoms with Gasteiger partial charge in [0.1, 0.15) is 12.4 Å². The zero-order valence-electron chi connectivity index (χ0n) is 17.5. The van der Waals surface area contributed by atoms with Crippen LogP contribution in [0.5, 0.6) is 0 Å². The van der Waals surface area contributed by atoms with Crippen LogP contribution >= 0.6 is 0 Å². The minimum absolute atomic E-state index is 0.0702. The molecule has 1 heterocycles. The monoisotopic (exact) mass is 408 g/mol. The fourth-order valence-electron chi connectivity index (χ4n) is 3.23. The molecule has 0 aliphatic carbocycles. The first-order chi connectivity index (χ1) is 14.6. The average Bonchev–Trinajstić information content (AvgIpc) is 3.09. The Hall–Kier alpha value is -3.19. The van der Waals surface area contributed by atoms with Crippen molar-refractivity contribution in [3.63, 3.8) is 0 Å². The molecule has 0 bridgehead atoms. The van der Waals surface area contributed by atoms with Crippen molar-refractivity contribution < 1.29 is 14.3 Å². The molecular weight excluding hydrogens is 380 g/mol. The largest absolute Gasteiger partial charge is 0.385 e. The van der Waals surface area contributed by atoms with Gasteiger partial charge in [-0.15, -0.1) is 0 Å². The van der Waals surface area contributed by atoms with Gasteiger partial charge in [-0.3, -0.25) is 9.59 Å². The number of imidazole rings is 1. The van der Waals surface area contributed by atoms with Crippen LogP contribution in [0, 0.1) is 6.92 Å². The lowest BCUT2D eigenvalue weighted by Crippen LogP contribution is -2.30. The molecule has 0 aliphatic rings. The summed E-state index contributed by atoms with van der Waals surface area (Å²) in [6.45, 7) is 3.79. The zero-order valence-corrected chi connectivity index (χ0v) is 17.5. The molecule has 0 spiro atoms. The Morgan fingerprint density at radius 1 is 1.03 bits per heavy atom. The summed E-state index contributed by atoms with van der Waals surface area (Å²) < 4.78 is 6.92. The van der Waals surface area contributed by atoms with E-state index in [1.807, 2.05) is 60.0 Å². The maximum atomic E-state index is 12.4. The third-order valence-corrected chi connectivity index (χ3v) is 4.83. The Morgan fingerprint density at radius 3 is 2.57 bits per heavy atom. The van der Waals surface area contributed by atoms with Crippen molar-refractivity contribution >= 4 is 22.8 Å². The van der Waals surface area contributed by atoms with Crippen LogP contribution in [0.2, 0.25) is 0 Å². The first kappa shape index (κ1) is 21.5. The molecular formula is C23H28N4O3. The highest BCUT2D eigenvalue weighted by atomic mass is 16.5. The van der Waals surface area contributed by atoms with E-state index >= 15 is 0 Å². The summed E-state index contributed by atoms with van der Waals surface area (Å²) in [5.74, 6) is 0.584. The van der Waals surface area contributed by atoms with Crippen molar-refractivity contribution in [1.82, 2.24) is 20.2 Å². The lowest BCUT2D eigenvalue weighted by atomic mass is 10.1. The molecule has 0 radical (unpaired) electrons. The molecule has 30 heavy (non-hydrogen) atoms. The number of amides is 2. The molecule has 0 fully saturated rings. The second-order valence-corrected chi connectivity index (χ2v) is 7.17. The molecule has 0 unspecified atom stereocenters. The molecule has 0 atom stereocenters. The molecule has 3 rings (SSSR count). The van der Waals surface area contributed by atoms with Crippen molar-refractivity contribution in [1.29, 1.82) is 0 Å². The number of para-hydroxylation sites is 2. The number of methoxy groups -OCH3 is 1. The van der Waals surface area contributed by atoms with Crippen LogP contribution in [0.25, 0.3) is 11.0 Å². The predicted molar refractivity (Wildman–Crippen MR) is 116 cm³/mol. The summed E-state index contributed by atoms with van der Waals surface area (Å²) in [6.07, 6.45) is 1.30. The molecule has 7 nitrogen and oxygen atoms in total. The zero-order chi connectivity index (χ0) is 21.3. The van der Waals surface area contributed by atoms with Gasteiger partial charge in [0, 0.05) is 38.8 Å². The van der Waals surface area contributed by atoms with Crippen LogP contribution < -0.4 is 10.6 Å². The number of hydrogen-bond donors (Lipinski definition) is 2. The van der Waals surface area contributed by atoms with E-state index in [1.54, 1.807) is 7.11 Å². The minimum atomic E-state index is -0.117. The van der Waals surface area contributed by atoms with Gasteiger partial charge in [0.05, 0.1) is 11.0 Å². The van der Waals surface area contributed by atoms with E-state index in [9.17, 15) is 9.59 Å². The van der Waals surface area contributed by atoms with Crippen molar-refractivity contribution in [3.8, 4) is 0 Å². The highest BCUT2D eigenvalue weighted by Gasteiger charge is 2.14. The number of benzene rings is 2. The molecule has 3 aromatic rings. The number of ether oxygens (including phenoxy) is 1. The fourth-order valence-corrected chi connectivity index (χ4v) is 3.23. The quantitative estimate of drug-likeness (QED) is 0.505. The van der Waals surface area contributed by atoms with E-state index in [2.05, 4.69) is 15.6 Å². The maximum Gasteiger partial charge on any atom is 0.251 e. The number of aryl methyl sites for hydroxylation is 1. The number of carbonyl (C=O) groups is 2. The summed E-state index contributed by atoms with van der Waals surface area (Å²) in [6, 6.07) is 15.2. The molecule has 0 saturated carbocycles. The molecule has 2 amide bonds. The Balaban J connectivity index is 1.64. The van der Waals surface area contributed by atoms with Gasteiger partial charge in [-0.2, -0.15) is 0 Å². The van der Waals surface area contributed by atoms with Crippen molar-refractivity contribution in [2.75, 3.05) is 26.8 Å². The van der Waals surface area contributed by atoms with Gasteiger partial charge >= 0.3 is 0 Å². The van der Waals surface area contributed by atoms with Crippen LogP contribution in [-0.4, -0.2) is 48.2 Å². The second kappa shape index (κ2) is 10.5.